The van der Waals surface area contributed by atoms with Crippen LogP contribution in [0.2, 0.25) is 0 Å². The van der Waals surface area contributed by atoms with E-state index in [1.807, 2.05) is 78.9 Å². The predicted molar refractivity (Wildman–Crippen MR) is 178 cm³/mol. The molecule has 4 heteroatoms. The molecule has 4 nitrogen and oxygen atoms in total. The Kier molecular flexibility index (Phi) is 6.50. The van der Waals surface area contributed by atoms with E-state index in [1.54, 1.807) is 0 Å². The average molecular weight is 566 g/mol. The van der Waals surface area contributed by atoms with Gasteiger partial charge >= 0.3 is 0 Å². The summed E-state index contributed by atoms with van der Waals surface area (Å²) in [5.74, 6) is 2.05. The highest BCUT2D eigenvalue weighted by Gasteiger charge is 2.16. The fourth-order valence-electron chi connectivity index (χ4n) is 5.81. The Morgan fingerprint density at radius 2 is 0.932 bits per heavy atom. The lowest BCUT2D eigenvalue weighted by atomic mass is 9.98. The summed E-state index contributed by atoms with van der Waals surface area (Å²) in [6, 6.07) is 52.0. The Morgan fingerprint density at radius 1 is 0.409 bits per heavy atom. The molecular weight excluding hydrogens is 538 g/mol. The smallest absolute Gasteiger partial charge is 0.163 e. The summed E-state index contributed by atoms with van der Waals surface area (Å²) in [4.78, 5) is 14.7. The molecule has 0 saturated heterocycles. The molecule has 8 aromatic rings. The third-order valence-corrected chi connectivity index (χ3v) is 8.00. The Balaban J connectivity index is 1.21. The normalized spacial score (nSPS) is 11.3. The number of fused-ring (bicyclic) bond motifs is 3. The van der Waals surface area contributed by atoms with Gasteiger partial charge in [-0.25, -0.2) is 15.0 Å². The van der Waals surface area contributed by atoms with Crippen molar-refractivity contribution in [2.24, 2.45) is 0 Å². The lowest BCUT2D eigenvalue weighted by Gasteiger charge is -2.09. The summed E-state index contributed by atoms with van der Waals surface area (Å²) in [6.45, 7) is 0. The van der Waals surface area contributed by atoms with Gasteiger partial charge in [0.2, 0.25) is 0 Å². The van der Waals surface area contributed by atoms with Crippen LogP contribution in [0.4, 0.5) is 0 Å². The maximum Gasteiger partial charge on any atom is 0.163 e. The van der Waals surface area contributed by atoms with Gasteiger partial charge in [-0.1, -0.05) is 133 Å². The number of aromatic nitrogens is 3. The molecule has 0 saturated carbocycles. The molecule has 0 fully saturated rings. The molecule has 0 amide bonds. The van der Waals surface area contributed by atoms with E-state index < -0.39 is 0 Å². The van der Waals surface area contributed by atoms with Gasteiger partial charge in [-0.3, -0.25) is 0 Å². The zero-order chi connectivity index (χ0) is 29.3. The second-order valence-corrected chi connectivity index (χ2v) is 10.9. The van der Waals surface area contributed by atoms with Gasteiger partial charge in [0, 0.05) is 28.3 Å². The van der Waals surface area contributed by atoms with Crippen molar-refractivity contribution in [2.75, 3.05) is 0 Å². The van der Waals surface area contributed by atoms with Crippen molar-refractivity contribution in [3.05, 3.63) is 163 Å². The van der Waals surface area contributed by atoms with Crippen LogP contribution in [0, 0.1) is 0 Å². The van der Waals surface area contributed by atoms with E-state index in [1.165, 1.54) is 11.1 Å². The molecule has 0 radical (unpaired) electrons. The Morgan fingerprint density at radius 3 is 1.55 bits per heavy atom. The van der Waals surface area contributed by atoms with E-state index in [2.05, 4.69) is 72.8 Å². The van der Waals surface area contributed by atoms with Gasteiger partial charge in [0.25, 0.3) is 0 Å². The van der Waals surface area contributed by atoms with Crippen LogP contribution in [-0.4, -0.2) is 15.0 Å². The van der Waals surface area contributed by atoms with Crippen molar-refractivity contribution in [1.82, 2.24) is 15.0 Å². The van der Waals surface area contributed by atoms with Crippen molar-refractivity contribution in [1.29, 1.82) is 0 Å². The number of hydrogen-bond donors (Lipinski definition) is 0. The molecule has 0 unspecified atom stereocenters. The van der Waals surface area contributed by atoms with Crippen LogP contribution in [0.1, 0.15) is 11.4 Å². The van der Waals surface area contributed by atoms with Gasteiger partial charge in [-0.05, 0) is 46.0 Å². The first-order valence-corrected chi connectivity index (χ1v) is 14.7. The van der Waals surface area contributed by atoms with Gasteiger partial charge in [-0.15, -0.1) is 0 Å². The number of hydrogen-bond acceptors (Lipinski definition) is 4. The maximum atomic E-state index is 6.33. The molecule has 44 heavy (non-hydrogen) atoms. The Hall–Kier alpha value is -5.87. The number of furan rings is 1. The highest BCUT2D eigenvalue weighted by molar-refractivity contribution is 6.08. The van der Waals surface area contributed by atoms with Gasteiger partial charge in [0.1, 0.15) is 17.0 Å². The molecule has 0 spiro atoms. The molecule has 0 N–H and O–H groups in total. The standard InChI is InChI=1S/C40H27N3O/c1-4-11-27(12-5-1)28-19-21-29(22-20-28)32-23-24-35-34(25-32)38-33(17-10-18-36(38)44-35)26-37-41-39(30-13-6-2-7-14-30)43-40(42-37)31-15-8-3-9-16-31/h1-25H,26H2. The van der Waals surface area contributed by atoms with E-state index in [4.69, 9.17) is 19.4 Å². The van der Waals surface area contributed by atoms with Crippen LogP contribution < -0.4 is 0 Å². The molecule has 6 aromatic carbocycles. The number of nitrogens with zero attached hydrogens (tertiary/aromatic N) is 3. The van der Waals surface area contributed by atoms with Crippen LogP contribution in [0.15, 0.2) is 156 Å². The average Bonchev–Trinajstić information content (AvgIpc) is 3.48. The first-order chi connectivity index (χ1) is 21.8. The van der Waals surface area contributed by atoms with Crippen molar-refractivity contribution in [3.8, 4) is 45.0 Å². The molecule has 0 aliphatic heterocycles. The van der Waals surface area contributed by atoms with Crippen molar-refractivity contribution >= 4 is 21.9 Å². The first-order valence-electron chi connectivity index (χ1n) is 14.7. The zero-order valence-corrected chi connectivity index (χ0v) is 23.9. The molecular formula is C40H27N3O. The van der Waals surface area contributed by atoms with Crippen LogP contribution in [0.5, 0.6) is 0 Å². The third kappa shape index (κ3) is 4.93. The van der Waals surface area contributed by atoms with Crippen molar-refractivity contribution in [2.45, 2.75) is 6.42 Å². The Labute approximate surface area is 255 Å². The summed E-state index contributed by atoms with van der Waals surface area (Å²) in [5, 5.41) is 2.18. The minimum atomic E-state index is 0.546. The molecule has 0 aliphatic carbocycles. The SMILES string of the molecule is c1ccc(-c2ccc(-c3ccc4oc5cccc(Cc6nc(-c7ccccc7)nc(-c7ccccc7)n6)c5c4c3)cc2)cc1. The summed E-state index contributed by atoms with van der Waals surface area (Å²) in [5.41, 5.74) is 9.48. The van der Waals surface area contributed by atoms with Crippen LogP contribution in [0.3, 0.4) is 0 Å². The zero-order valence-electron chi connectivity index (χ0n) is 23.9. The molecule has 0 bridgehead atoms. The first kappa shape index (κ1) is 25.8. The summed E-state index contributed by atoms with van der Waals surface area (Å²) in [7, 11) is 0. The highest BCUT2D eigenvalue weighted by Crippen LogP contribution is 2.36. The van der Waals surface area contributed by atoms with Gasteiger partial charge in [-0.2, -0.15) is 0 Å². The van der Waals surface area contributed by atoms with E-state index >= 15 is 0 Å². The molecule has 0 atom stereocenters. The molecule has 2 aromatic heterocycles. The molecule has 208 valence electrons. The monoisotopic (exact) mass is 565 g/mol. The largest absolute Gasteiger partial charge is 0.456 e. The second-order valence-electron chi connectivity index (χ2n) is 10.9. The van der Waals surface area contributed by atoms with Gasteiger partial charge < -0.3 is 4.42 Å². The van der Waals surface area contributed by atoms with E-state index in [0.29, 0.717) is 23.9 Å². The van der Waals surface area contributed by atoms with Crippen molar-refractivity contribution < 1.29 is 4.42 Å². The van der Waals surface area contributed by atoms with Crippen LogP contribution in [-0.2, 0) is 6.42 Å². The summed E-state index contributed by atoms with van der Waals surface area (Å²) < 4.78 is 6.33. The quantitative estimate of drug-likeness (QED) is 0.201. The lowest BCUT2D eigenvalue weighted by molar-refractivity contribution is 0.668. The van der Waals surface area contributed by atoms with Gasteiger partial charge in [0.05, 0.1) is 0 Å². The topological polar surface area (TPSA) is 51.8 Å². The third-order valence-electron chi connectivity index (χ3n) is 8.00. The molecule has 8 rings (SSSR count). The predicted octanol–water partition coefficient (Wildman–Crippen LogP) is 10.0. The van der Waals surface area contributed by atoms with E-state index in [9.17, 15) is 0 Å². The fraction of sp³-hybridized carbons (Fsp3) is 0.0250. The second kappa shape index (κ2) is 11.1. The van der Waals surface area contributed by atoms with Crippen molar-refractivity contribution in [3.63, 3.8) is 0 Å². The minimum Gasteiger partial charge on any atom is -0.456 e. The molecule has 0 aliphatic rings. The number of benzene rings is 6. The van der Waals surface area contributed by atoms with Gasteiger partial charge in [0.15, 0.2) is 11.6 Å². The summed E-state index contributed by atoms with van der Waals surface area (Å²) in [6.07, 6.45) is 0.546. The fourth-order valence-corrected chi connectivity index (χ4v) is 5.81. The van der Waals surface area contributed by atoms with E-state index in [0.717, 1.165) is 49.8 Å². The Bertz CT molecular complexity index is 2170. The minimum absolute atomic E-state index is 0.546. The highest BCUT2D eigenvalue weighted by atomic mass is 16.3. The van der Waals surface area contributed by atoms with Crippen LogP contribution in [0.25, 0.3) is 67.0 Å². The maximum absolute atomic E-state index is 6.33. The molecule has 2 heterocycles. The van der Waals surface area contributed by atoms with E-state index in [-0.39, 0.29) is 0 Å². The number of rotatable bonds is 6. The summed E-state index contributed by atoms with van der Waals surface area (Å²) >= 11 is 0. The van der Waals surface area contributed by atoms with Crippen LogP contribution >= 0.6 is 0 Å². The lowest BCUT2D eigenvalue weighted by Crippen LogP contribution is -2.04.